The minimum Gasteiger partial charge on any atom is -0.464 e. The van der Waals surface area contributed by atoms with Crippen LogP contribution in [-0.4, -0.2) is 18.7 Å². The van der Waals surface area contributed by atoms with Crippen LogP contribution in [-0.2, 0) is 9.53 Å². The van der Waals surface area contributed by atoms with E-state index >= 15 is 0 Å². The summed E-state index contributed by atoms with van der Waals surface area (Å²) in [6.07, 6.45) is -1.84. The van der Waals surface area contributed by atoms with E-state index < -0.39 is 18.2 Å². The van der Waals surface area contributed by atoms with Gasteiger partial charge < -0.3 is 10.5 Å². The fourth-order valence-corrected chi connectivity index (χ4v) is 2.54. The number of alkyl halides is 1. The summed E-state index contributed by atoms with van der Waals surface area (Å²) in [6, 6.07) is -0.993. The van der Waals surface area contributed by atoms with E-state index in [9.17, 15) is 9.18 Å². The molecule has 112 valence electrons. The number of esters is 1. The molecule has 0 saturated carbocycles. The van der Waals surface area contributed by atoms with Gasteiger partial charge in [-0.2, -0.15) is 0 Å². The van der Waals surface area contributed by atoms with Crippen LogP contribution in [0.25, 0.3) is 0 Å². The summed E-state index contributed by atoms with van der Waals surface area (Å²) in [5.74, 6) is -0.894. The van der Waals surface area contributed by atoms with E-state index in [2.05, 4.69) is 0 Å². The minimum absolute atomic E-state index is 0.149. The minimum atomic E-state index is -1.84. The van der Waals surface area contributed by atoms with Crippen LogP contribution in [0.4, 0.5) is 4.39 Å². The first-order chi connectivity index (χ1) is 9.23. The van der Waals surface area contributed by atoms with E-state index in [-0.39, 0.29) is 6.61 Å². The lowest BCUT2D eigenvalue weighted by Crippen LogP contribution is -2.33. The number of benzene rings is 1. The lowest BCUT2D eigenvalue weighted by Gasteiger charge is -2.24. The van der Waals surface area contributed by atoms with Crippen molar-refractivity contribution in [3.63, 3.8) is 0 Å². The summed E-state index contributed by atoms with van der Waals surface area (Å²) >= 11 is 0. The van der Waals surface area contributed by atoms with Crippen molar-refractivity contribution in [2.45, 2.75) is 53.8 Å². The molecule has 0 aliphatic rings. The maximum Gasteiger partial charge on any atom is 0.342 e. The van der Waals surface area contributed by atoms with Crippen molar-refractivity contribution in [2.24, 2.45) is 5.73 Å². The summed E-state index contributed by atoms with van der Waals surface area (Å²) in [5.41, 5.74) is 12.0. The Kier molecular flexibility index (Phi) is 5.28. The first kappa shape index (κ1) is 16.6. The monoisotopic (exact) mass is 281 g/mol. The highest BCUT2D eigenvalue weighted by molar-refractivity contribution is 5.76. The normalized spacial score (nSPS) is 14.0. The Bertz CT molecular complexity index is 497. The third-order valence-corrected chi connectivity index (χ3v) is 4.22. The van der Waals surface area contributed by atoms with Gasteiger partial charge in [0.25, 0.3) is 0 Å². The molecule has 0 aliphatic carbocycles. The number of nitrogens with two attached hydrogens (primary N) is 1. The SMILES string of the molecule is CCOC(=O)C(F)[C@H](N)c1c(C)c(C)c(C)c(C)c1C. The van der Waals surface area contributed by atoms with E-state index in [1.165, 1.54) is 5.56 Å². The molecular formula is C16H24FNO2. The zero-order chi connectivity index (χ0) is 15.6. The standard InChI is InChI=1S/C16H24FNO2/c1-7-20-16(19)14(17)15(18)13-11(5)9(3)8(2)10(4)12(13)6/h14-15H,7,18H2,1-6H3/t14?,15-/m1/s1. The van der Waals surface area contributed by atoms with E-state index in [1.54, 1.807) is 6.92 Å². The van der Waals surface area contributed by atoms with Gasteiger partial charge in [0.15, 0.2) is 0 Å². The summed E-state index contributed by atoms with van der Waals surface area (Å²) in [4.78, 5) is 11.5. The molecule has 2 atom stereocenters. The van der Waals surface area contributed by atoms with Gasteiger partial charge in [-0.05, 0) is 74.9 Å². The Labute approximate surface area is 120 Å². The Balaban J connectivity index is 3.30. The highest BCUT2D eigenvalue weighted by Crippen LogP contribution is 2.31. The molecule has 0 spiro atoms. The number of carbonyl (C=O) groups is 1. The van der Waals surface area contributed by atoms with Crippen molar-refractivity contribution in [3.8, 4) is 0 Å². The number of ether oxygens (including phenoxy) is 1. The lowest BCUT2D eigenvalue weighted by molar-refractivity contribution is -0.149. The van der Waals surface area contributed by atoms with Crippen molar-refractivity contribution < 1.29 is 13.9 Å². The molecule has 0 aromatic heterocycles. The highest BCUT2D eigenvalue weighted by atomic mass is 19.1. The first-order valence-electron chi connectivity index (χ1n) is 6.87. The smallest absolute Gasteiger partial charge is 0.342 e. The van der Waals surface area contributed by atoms with E-state index in [4.69, 9.17) is 10.5 Å². The van der Waals surface area contributed by atoms with Crippen molar-refractivity contribution in [2.75, 3.05) is 6.61 Å². The van der Waals surface area contributed by atoms with Crippen LogP contribution in [0.15, 0.2) is 0 Å². The highest BCUT2D eigenvalue weighted by Gasteiger charge is 2.31. The van der Waals surface area contributed by atoms with Gasteiger partial charge in [0.2, 0.25) is 6.17 Å². The molecule has 0 radical (unpaired) electrons. The molecule has 0 bridgehead atoms. The largest absolute Gasteiger partial charge is 0.464 e. The number of carbonyl (C=O) groups excluding carboxylic acids is 1. The maximum absolute atomic E-state index is 14.2. The third kappa shape index (κ3) is 2.85. The number of hydrogen-bond acceptors (Lipinski definition) is 3. The molecule has 3 nitrogen and oxygen atoms in total. The zero-order valence-electron chi connectivity index (χ0n) is 13.1. The molecule has 0 aliphatic heterocycles. The molecule has 0 fully saturated rings. The van der Waals surface area contributed by atoms with Crippen LogP contribution in [0.3, 0.4) is 0 Å². The van der Waals surface area contributed by atoms with Crippen LogP contribution < -0.4 is 5.73 Å². The number of halogens is 1. The summed E-state index contributed by atoms with van der Waals surface area (Å²) in [6.45, 7) is 11.7. The van der Waals surface area contributed by atoms with Gasteiger partial charge in [0.1, 0.15) is 0 Å². The Morgan fingerprint density at radius 1 is 1.05 bits per heavy atom. The van der Waals surface area contributed by atoms with E-state index in [0.29, 0.717) is 5.56 Å². The van der Waals surface area contributed by atoms with Crippen molar-refractivity contribution in [1.29, 1.82) is 0 Å². The Morgan fingerprint density at radius 3 is 1.85 bits per heavy atom. The van der Waals surface area contributed by atoms with Gasteiger partial charge in [-0.25, -0.2) is 9.18 Å². The van der Waals surface area contributed by atoms with Crippen LogP contribution in [0.1, 0.15) is 46.3 Å². The van der Waals surface area contributed by atoms with Gasteiger partial charge in [-0.15, -0.1) is 0 Å². The van der Waals surface area contributed by atoms with E-state index in [1.807, 2.05) is 34.6 Å². The topological polar surface area (TPSA) is 52.3 Å². The predicted molar refractivity (Wildman–Crippen MR) is 78.6 cm³/mol. The molecule has 0 saturated heterocycles. The molecule has 1 unspecified atom stereocenters. The molecule has 20 heavy (non-hydrogen) atoms. The first-order valence-corrected chi connectivity index (χ1v) is 6.87. The van der Waals surface area contributed by atoms with Crippen molar-refractivity contribution >= 4 is 5.97 Å². The zero-order valence-corrected chi connectivity index (χ0v) is 13.1. The molecule has 1 aromatic carbocycles. The predicted octanol–water partition coefficient (Wildman–Crippen LogP) is 3.13. The fourth-order valence-electron chi connectivity index (χ4n) is 2.54. The molecule has 4 heteroatoms. The average Bonchev–Trinajstić information content (AvgIpc) is 2.42. The van der Waals surface area contributed by atoms with Gasteiger partial charge in [-0.1, -0.05) is 0 Å². The molecule has 1 aromatic rings. The Hall–Kier alpha value is -1.42. The fraction of sp³-hybridized carbons (Fsp3) is 0.562. The molecule has 0 amide bonds. The summed E-state index contributed by atoms with van der Waals surface area (Å²) in [5, 5.41) is 0. The van der Waals surface area contributed by atoms with E-state index in [0.717, 1.165) is 22.3 Å². The second-order valence-corrected chi connectivity index (χ2v) is 5.22. The average molecular weight is 281 g/mol. The lowest BCUT2D eigenvalue weighted by atomic mass is 9.85. The van der Waals surface area contributed by atoms with Crippen LogP contribution in [0.5, 0.6) is 0 Å². The van der Waals surface area contributed by atoms with Crippen molar-refractivity contribution in [3.05, 3.63) is 33.4 Å². The summed E-state index contributed by atoms with van der Waals surface area (Å²) in [7, 11) is 0. The number of rotatable bonds is 4. The third-order valence-electron chi connectivity index (χ3n) is 4.22. The second-order valence-electron chi connectivity index (χ2n) is 5.22. The van der Waals surface area contributed by atoms with Gasteiger partial charge >= 0.3 is 5.97 Å². The van der Waals surface area contributed by atoms with Crippen molar-refractivity contribution in [1.82, 2.24) is 0 Å². The second kappa shape index (κ2) is 6.35. The van der Waals surface area contributed by atoms with Crippen LogP contribution in [0, 0.1) is 34.6 Å². The number of hydrogen-bond donors (Lipinski definition) is 1. The van der Waals surface area contributed by atoms with Crippen LogP contribution >= 0.6 is 0 Å². The quantitative estimate of drug-likeness (QED) is 0.863. The van der Waals surface area contributed by atoms with Gasteiger partial charge in [0.05, 0.1) is 12.6 Å². The maximum atomic E-state index is 14.2. The van der Waals surface area contributed by atoms with Gasteiger partial charge in [0, 0.05) is 0 Å². The summed E-state index contributed by atoms with van der Waals surface area (Å²) < 4.78 is 18.9. The molecular weight excluding hydrogens is 257 g/mol. The van der Waals surface area contributed by atoms with Crippen LogP contribution in [0.2, 0.25) is 0 Å². The Morgan fingerprint density at radius 2 is 1.45 bits per heavy atom. The molecule has 0 heterocycles. The van der Waals surface area contributed by atoms with Gasteiger partial charge in [-0.3, -0.25) is 0 Å². The molecule has 1 rings (SSSR count). The molecule has 2 N–H and O–H groups in total.